The Morgan fingerprint density at radius 1 is 1.35 bits per heavy atom. The van der Waals surface area contributed by atoms with Gasteiger partial charge in [0.1, 0.15) is 0 Å². The number of carbonyl (C=O) groups is 1. The van der Waals surface area contributed by atoms with Crippen LogP contribution in [0.5, 0.6) is 0 Å². The van der Waals surface area contributed by atoms with Gasteiger partial charge in [-0.15, -0.1) is 0 Å². The first kappa shape index (κ1) is 14.4. The van der Waals surface area contributed by atoms with E-state index in [2.05, 4.69) is 19.2 Å². The van der Waals surface area contributed by atoms with E-state index in [1.54, 1.807) is 13.8 Å². The van der Waals surface area contributed by atoms with Crippen LogP contribution in [-0.2, 0) is 4.79 Å². The van der Waals surface area contributed by atoms with Crippen molar-refractivity contribution in [3.05, 3.63) is 0 Å². The molecule has 0 aromatic carbocycles. The van der Waals surface area contributed by atoms with E-state index in [-0.39, 0.29) is 16.9 Å². The summed E-state index contributed by atoms with van der Waals surface area (Å²) in [6, 6.07) is 0.264. The van der Waals surface area contributed by atoms with E-state index < -0.39 is 5.41 Å². The van der Waals surface area contributed by atoms with Crippen LogP contribution < -0.4 is 11.1 Å². The zero-order valence-electron chi connectivity index (χ0n) is 11.2. The predicted octanol–water partition coefficient (Wildman–Crippen LogP) is 2.24. The Bertz CT molecular complexity index is 315. The van der Waals surface area contributed by atoms with Crippen molar-refractivity contribution in [1.29, 1.82) is 0 Å². The molecule has 3 nitrogen and oxygen atoms in total. The van der Waals surface area contributed by atoms with Gasteiger partial charge in [0.2, 0.25) is 5.91 Å². The summed E-state index contributed by atoms with van der Waals surface area (Å²) in [7, 11) is 0. The molecule has 3 unspecified atom stereocenters. The summed E-state index contributed by atoms with van der Waals surface area (Å²) >= 11 is 4.95. The fraction of sp³-hybridized carbons (Fsp3) is 0.846. The van der Waals surface area contributed by atoms with Crippen molar-refractivity contribution < 1.29 is 4.79 Å². The number of hydrogen-bond acceptors (Lipinski definition) is 2. The molecule has 0 saturated heterocycles. The normalized spacial score (nSPS) is 29.8. The highest BCUT2D eigenvalue weighted by Gasteiger charge is 2.35. The first-order valence-electron chi connectivity index (χ1n) is 6.37. The van der Waals surface area contributed by atoms with Crippen molar-refractivity contribution in [3.8, 4) is 0 Å². The van der Waals surface area contributed by atoms with Crippen molar-refractivity contribution in [1.82, 2.24) is 5.32 Å². The van der Waals surface area contributed by atoms with E-state index in [1.807, 2.05) is 0 Å². The summed E-state index contributed by atoms with van der Waals surface area (Å²) in [6.07, 6.45) is 3.50. The third-order valence-corrected chi connectivity index (χ3v) is 4.72. The van der Waals surface area contributed by atoms with Gasteiger partial charge >= 0.3 is 0 Å². The van der Waals surface area contributed by atoms with Crippen LogP contribution in [0.4, 0.5) is 0 Å². The van der Waals surface area contributed by atoms with Crippen molar-refractivity contribution in [2.24, 2.45) is 23.0 Å². The summed E-state index contributed by atoms with van der Waals surface area (Å²) in [4.78, 5) is 12.4. The first-order valence-corrected chi connectivity index (χ1v) is 6.78. The SMILES string of the molecule is CC1CCCC(NC(=O)C(C)(C)C(N)=S)C1C. The average molecular weight is 256 g/mol. The molecule has 1 saturated carbocycles. The van der Waals surface area contributed by atoms with Gasteiger partial charge in [0.25, 0.3) is 0 Å². The van der Waals surface area contributed by atoms with Gasteiger partial charge in [-0.3, -0.25) is 4.79 Å². The second-order valence-corrected chi connectivity index (χ2v) is 6.28. The van der Waals surface area contributed by atoms with Gasteiger partial charge in [-0.25, -0.2) is 0 Å². The van der Waals surface area contributed by atoms with E-state index in [1.165, 1.54) is 12.8 Å². The molecule has 0 heterocycles. The third-order valence-electron chi connectivity index (χ3n) is 4.21. The molecule has 1 rings (SSSR count). The Kier molecular flexibility index (Phi) is 4.53. The maximum absolute atomic E-state index is 12.1. The lowest BCUT2D eigenvalue weighted by Gasteiger charge is -2.36. The lowest BCUT2D eigenvalue weighted by Crippen LogP contribution is -2.51. The van der Waals surface area contributed by atoms with E-state index >= 15 is 0 Å². The molecule has 1 amide bonds. The van der Waals surface area contributed by atoms with Gasteiger partial charge < -0.3 is 11.1 Å². The van der Waals surface area contributed by atoms with E-state index in [4.69, 9.17) is 18.0 Å². The number of nitrogens with one attached hydrogen (secondary N) is 1. The molecule has 4 heteroatoms. The molecule has 17 heavy (non-hydrogen) atoms. The van der Waals surface area contributed by atoms with E-state index in [0.717, 1.165) is 6.42 Å². The monoisotopic (exact) mass is 256 g/mol. The van der Waals surface area contributed by atoms with E-state index in [9.17, 15) is 4.79 Å². The van der Waals surface area contributed by atoms with E-state index in [0.29, 0.717) is 11.8 Å². The molecule has 0 aromatic rings. The summed E-state index contributed by atoms with van der Waals surface area (Å²) in [5.74, 6) is 1.15. The minimum Gasteiger partial charge on any atom is -0.392 e. The molecular weight excluding hydrogens is 232 g/mol. The number of amides is 1. The molecule has 1 aliphatic rings. The summed E-state index contributed by atoms with van der Waals surface area (Å²) in [5, 5.41) is 3.11. The summed E-state index contributed by atoms with van der Waals surface area (Å²) < 4.78 is 0. The average Bonchev–Trinajstić information content (AvgIpc) is 2.24. The highest BCUT2D eigenvalue weighted by molar-refractivity contribution is 7.80. The maximum atomic E-state index is 12.1. The number of hydrogen-bond donors (Lipinski definition) is 2. The molecule has 1 fully saturated rings. The Morgan fingerprint density at radius 2 is 1.94 bits per heavy atom. The van der Waals surface area contributed by atoms with Crippen LogP contribution in [0, 0.1) is 17.3 Å². The highest BCUT2D eigenvalue weighted by atomic mass is 32.1. The molecule has 1 aliphatic carbocycles. The van der Waals surface area contributed by atoms with Crippen LogP contribution in [-0.4, -0.2) is 16.9 Å². The molecule has 3 N–H and O–H groups in total. The Labute approximate surface area is 110 Å². The molecule has 0 bridgehead atoms. The van der Waals surface area contributed by atoms with Crippen LogP contribution in [0.15, 0.2) is 0 Å². The fourth-order valence-corrected chi connectivity index (χ4v) is 2.34. The van der Waals surface area contributed by atoms with Crippen molar-refractivity contribution in [3.63, 3.8) is 0 Å². The summed E-state index contributed by atoms with van der Waals surface area (Å²) in [6.45, 7) is 8.02. The molecule has 0 radical (unpaired) electrons. The molecule has 98 valence electrons. The van der Waals surface area contributed by atoms with Gasteiger partial charge in [0.15, 0.2) is 0 Å². The maximum Gasteiger partial charge on any atom is 0.232 e. The van der Waals surface area contributed by atoms with Crippen molar-refractivity contribution in [2.75, 3.05) is 0 Å². The Hall–Kier alpha value is -0.640. The van der Waals surface area contributed by atoms with Crippen molar-refractivity contribution in [2.45, 2.75) is 53.0 Å². The number of carbonyl (C=O) groups excluding carboxylic acids is 1. The van der Waals surface area contributed by atoms with Gasteiger partial charge in [0, 0.05) is 6.04 Å². The standard InChI is InChI=1S/C13H24N2OS/c1-8-6-5-7-10(9(8)2)15-12(16)13(3,4)11(14)17/h8-10H,5-7H2,1-4H3,(H2,14,17)(H,15,16). The number of nitrogens with two attached hydrogens (primary N) is 1. The Morgan fingerprint density at radius 3 is 2.47 bits per heavy atom. The molecule has 0 spiro atoms. The topological polar surface area (TPSA) is 55.1 Å². The van der Waals surface area contributed by atoms with Crippen LogP contribution in [0.3, 0.4) is 0 Å². The highest BCUT2D eigenvalue weighted by Crippen LogP contribution is 2.30. The lowest BCUT2D eigenvalue weighted by molar-refractivity contribution is -0.127. The number of thiocarbonyl (C=S) groups is 1. The van der Waals surface area contributed by atoms with Crippen LogP contribution in [0.2, 0.25) is 0 Å². The van der Waals surface area contributed by atoms with Gasteiger partial charge in [-0.2, -0.15) is 0 Å². The quantitative estimate of drug-likeness (QED) is 0.761. The number of rotatable bonds is 3. The molecule has 0 aromatic heterocycles. The second-order valence-electron chi connectivity index (χ2n) is 5.84. The smallest absolute Gasteiger partial charge is 0.232 e. The second kappa shape index (κ2) is 5.34. The fourth-order valence-electron chi connectivity index (χ4n) is 2.25. The minimum absolute atomic E-state index is 0.0454. The third kappa shape index (κ3) is 3.18. The van der Waals surface area contributed by atoms with Crippen LogP contribution in [0.1, 0.15) is 47.0 Å². The van der Waals surface area contributed by atoms with Gasteiger partial charge in [-0.1, -0.05) is 38.9 Å². The largest absolute Gasteiger partial charge is 0.392 e. The Balaban J connectivity index is 2.65. The van der Waals surface area contributed by atoms with Crippen LogP contribution >= 0.6 is 12.2 Å². The van der Waals surface area contributed by atoms with Crippen LogP contribution in [0.25, 0.3) is 0 Å². The first-order chi connectivity index (χ1) is 7.76. The van der Waals surface area contributed by atoms with Crippen molar-refractivity contribution >= 4 is 23.1 Å². The molecule has 3 atom stereocenters. The van der Waals surface area contributed by atoms with Gasteiger partial charge in [0.05, 0.1) is 10.4 Å². The van der Waals surface area contributed by atoms with Gasteiger partial charge in [-0.05, 0) is 32.1 Å². The minimum atomic E-state index is -0.754. The zero-order valence-corrected chi connectivity index (χ0v) is 12.1. The summed E-state index contributed by atoms with van der Waals surface area (Å²) in [5.41, 5.74) is 4.85. The lowest BCUT2D eigenvalue weighted by atomic mass is 9.77. The molecular formula is C13H24N2OS. The molecule has 0 aliphatic heterocycles. The zero-order chi connectivity index (χ0) is 13.2. The predicted molar refractivity (Wildman–Crippen MR) is 74.7 cm³/mol.